The summed E-state index contributed by atoms with van der Waals surface area (Å²) >= 11 is 3.36. The highest BCUT2D eigenvalue weighted by Crippen LogP contribution is 2.37. The van der Waals surface area contributed by atoms with Crippen molar-refractivity contribution < 1.29 is 9.47 Å². The van der Waals surface area contributed by atoms with Gasteiger partial charge in [0.05, 0.1) is 5.69 Å². The van der Waals surface area contributed by atoms with E-state index >= 15 is 0 Å². The van der Waals surface area contributed by atoms with Crippen molar-refractivity contribution in [1.29, 1.82) is 0 Å². The summed E-state index contributed by atoms with van der Waals surface area (Å²) in [5, 5.41) is 0. The molecule has 0 radical (unpaired) electrons. The number of hydrazine groups is 1. The number of benzene rings is 1. The molecule has 70 valence electrons. The lowest BCUT2D eigenvalue weighted by molar-refractivity contribution is 0.171. The van der Waals surface area contributed by atoms with Gasteiger partial charge < -0.3 is 14.9 Å². The van der Waals surface area contributed by atoms with Crippen molar-refractivity contribution >= 4 is 21.6 Å². The SMILES string of the molecule is NNc1cc2c(cc1Br)OCCO2. The maximum Gasteiger partial charge on any atom is 0.163 e. The molecule has 0 atom stereocenters. The molecule has 1 aliphatic rings. The second kappa shape index (κ2) is 3.43. The normalized spacial score (nSPS) is 14.0. The summed E-state index contributed by atoms with van der Waals surface area (Å²) in [4.78, 5) is 0. The van der Waals surface area contributed by atoms with E-state index in [2.05, 4.69) is 21.4 Å². The van der Waals surface area contributed by atoms with Crippen molar-refractivity contribution in [2.75, 3.05) is 18.6 Å². The minimum Gasteiger partial charge on any atom is -0.486 e. The molecule has 1 aromatic carbocycles. The van der Waals surface area contributed by atoms with Crippen molar-refractivity contribution in [1.82, 2.24) is 0 Å². The van der Waals surface area contributed by atoms with Crippen molar-refractivity contribution in [3.8, 4) is 11.5 Å². The van der Waals surface area contributed by atoms with E-state index in [1.807, 2.05) is 6.07 Å². The predicted octanol–water partition coefficient (Wildman–Crippen LogP) is 1.51. The molecule has 2 rings (SSSR count). The van der Waals surface area contributed by atoms with Crippen LogP contribution in [0.15, 0.2) is 16.6 Å². The molecule has 0 amide bonds. The van der Waals surface area contributed by atoms with E-state index in [-0.39, 0.29) is 0 Å². The van der Waals surface area contributed by atoms with Crippen LogP contribution in [-0.2, 0) is 0 Å². The molecular weight excluding hydrogens is 236 g/mol. The van der Waals surface area contributed by atoms with Crippen LogP contribution in [0.2, 0.25) is 0 Å². The molecule has 0 saturated heterocycles. The average Bonchev–Trinajstić information content (AvgIpc) is 2.17. The molecule has 0 aliphatic carbocycles. The number of nitrogens with one attached hydrogen (secondary N) is 1. The highest BCUT2D eigenvalue weighted by Gasteiger charge is 2.13. The van der Waals surface area contributed by atoms with E-state index in [4.69, 9.17) is 15.3 Å². The first kappa shape index (κ1) is 8.65. The zero-order valence-corrected chi connectivity index (χ0v) is 8.43. The first-order chi connectivity index (χ1) is 6.31. The van der Waals surface area contributed by atoms with Crippen LogP contribution in [0.4, 0.5) is 5.69 Å². The van der Waals surface area contributed by atoms with Crippen LogP contribution < -0.4 is 20.7 Å². The summed E-state index contributed by atoms with van der Waals surface area (Å²) in [6.45, 7) is 1.17. The van der Waals surface area contributed by atoms with E-state index < -0.39 is 0 Å². The van der Waals surface area contributed by atoms with Crippen molar-refractivity contribution in [2.24, 2.45) is 5.84 Å². The number of nitrogen functional groups attached to an aromatic ring is 1. The van der Waals surface area contributed by atoms with Crippen LogP contribution in [0.5, 0.6) is 11.5 Å². The van der Waals surface area contributed by atoms with Crippen LogP contribution in [0, 0.1) is 0 Å². The second-order valence-corrected chi connectivity index (χ2v) is 3.47. The number of hydrogen-bond donors (Lipinski definition) is 2. The summed E-state index contributed by atoms with van der Waals surface area (Å²) < 4.78 is 11.6. The zero-order valence-electron chi connectivity index (χ0n) is 6.84. The number of halogens is 1. The number of fused-ring (bicyclic) bond motifs is 1. The third kappa shape index (κ3) is 1.57. The van der Waals surface area contributed by atoms with E-state index in [0.29, 0.717) is 13.2 Å². The fourth-order valence-electron chi connectivity index (χ4n) is 1.17. The molecule has 3 N–H and O–H groups in total. The Morgan fingerprint density at radius 3 is 2.46 bits per heavy atom. The molecule has 0 unspecified atom stereocenters. The highest BCUT2D eigenvalue weighted by molar-refractivity contribution is 9.10. The van der Waals surface area contributed by atoms with Gasteiger partial charge in [0.2, 0.25) is 0 Å². The van der Waals surface area contributed by atoms with Gasteiger partial charge in [-0.2, -0.15) is 0 Å². The van der Waals surface area contributed by atoms with Gasteiger partial charge in [0.25, 0.3) is 0 Å². The lowest BCUT2D eigenvalue weighted by Gasteiger charge is -2.19. The van der Waals surface area contributed by atoms with Gasteiger partial charge in [-0.25, -0.2) is 0 Å². The van der Waals surface area contributed by atoms with E-state index in [1.54, 1.807) is 6.07 Å². The molecule has 5 heteroatoms. The first-order valence-corrected chi connectivity index (χ1v) is 4.66. The smallest absolute Gasteiger partial charge is 0.163 e. The molecule has 1 aliphatic heterocycles. The van der Waals surface area contributed by atoms with Gasteiger partial charge in [0, 0.05) is 16.6 Å². The number of hydrogen-bond acceptors (Lipinski definition) is 4. The lowest BCUT2D eigenvalue weighted by Crippen LogP contribution is -2.16. The Bertz CT molecular complexity index is 330. The Kier molecular flexibility index (Phi) is 2.28. The summed E-state index contributed by atoms with van der Waals surface area (Å²) in [6.07, 6.45) is 0. The lowest BCUT2D eigenvalue weighted by atomic mass is 10.2. The van der Waals surface area contributed by atoms with E-state index in [1.165, 1.54) is 0 Å². The Balaban J connectivity index is 2.44. The Labute approximate surface area is 84.1 Å². The van der Waals surface area contributed by atoms with Gasteiger partial charge in [0.1, 0.15) is 13.2 Å². The Morgan fingerprint density at radius 2 is 1.85 bits per heavy atom. The summed E-state index contributed by atoms with van der Waals surface area (Å²) in [6, 6.07) is 3.64. The molecule has 13 heavy (non-hydrogen) atoms. The maximum atomic E-state index is 5.38. The summed E-state index contributed by atoms with van der Waals surface area (Å²) in [5.74, 6) is 6.78. The molecule has 1 aromatic rings. The van der Waals surface area contributed by atoms with Gasteiger partial charge >= 0.3 is 0 Å². The van der Waals surface area contributed by atoms with Gasteiger partial charge in [-0.15, -0.1) is 0 Å². The van der Waals surface area contributed by atoms with Crippen LogP contribution >= 0.6 is 15.9 Å². The zero-order chi connectivity index (χ0) is 9.26. The van der Waals surface area contributed by atoms with Gasteiger partial charge in [-0.1, -0.05) is 0 Å². The number of ether oxygens (including phenoxy) is 2. The Morgan fingerprint density at radius 1 is 1.23 bits per heavy atom. The first-order valence-electron chi connectivity index (χ1n) is 3.87. The molecular formula is C8H9BrN2O2. The van der Waals surface area contributed by atoms with Gasteiger partial charge in [0.15, 0.2) is 11.5 Å². The molecule has 0 saturated carbocycles. The van der Waals surface area contributed by atoms with E-state index in [0.717, 1.165) is 21.7 Å². The molecule has 1 heterocycles. The summed E-state index contributed by atoms with van der Waals surface area (Å²) in [7, 11) is 0. The fraction of sp³-hybridized carbons (Fsp3) is 0.250. The van der Waals surface area contributed by atoms with Crippen LogP contribution in [0.25, 0.3) is 0 Å². The Hall–Kier alpha value is -0.940. The van der Waals surface area contributed by atoms with Gasteiger partial charge in [-0.3, -0.25) is 5.84 Å². The van der Waals surface area contributed by atoms with Crippen LogP contribution in [0.3, 0.4) is 0 Å². The molecule has 0 spiro atoms. The molecule has 0 fully saturated rings. The van der Waals surface area contributed by atoms with Crippen LogP contribution in [0.1, 0.15) is 0 Å². The fourth-order valence-corrected chi connectivity index (χ4v) is 1.61. The summed E-state index contributed by atoms with van der Waals surface area (Å²) in [5.41, 5.74) is 3.34. The predicted molar refractivity (Wildman–Crippen MR) is 52.9 cm³/mol. The second-order valence-electron chi connectivity index (χ2n) is 2.62. The number of nitrogens with two attached hydrogens (primary N) is 1. The minimum atomic E-state index is 0.582. The van der Waals surface area contributed by atoms with Crippen molar-refractivity contribution in [3.63, 3.8) is 0 Å². The topological polar surface area (TPSA) is 56.5 Å². The average molecular weight is 245 g/mol. The van der Waals surface area contributed by atoms with Gasteiger partial charge in [-0.05, 0) is 15.9 Å². The quantitative estimate of drug-likeness (QED) is 0.581. The molecule has 0 aromatic heterocycles. The number of rotatable bonds is 1. The third-order valence-electron chi connectivity index (χ3n) is 1.79. The standard InChI is InChI=1S/C8H9BrN2O2/c9-5-3-7-8(4-6(5)11-10)13-2-1-12-7/h3-4,11H,1-2,10H2. The maximum absolute atomic E-state index is 5.38. The largest absolute Gasteiger partial charge is 0.486 e. The minimum absolute atomic E-state index is 0.582. The van der Waals surface area contributed by atoms with E-state index in [9.17, 15) is 0 Å². The molecule has 4 nitrogen and oxygen atoms in total. The van der Waals surface area contributed by atoms with Crippen LogP contribution in [-0.4, -0.2) is 13.2 Å². The van der Waals surface area contributed by atoms with Crippen molar-refractivity contribution in [2.45, 2.75) is 0 Å². The number of anilines is 1. The molecule has 0 bridgehead atoms. The highest BCUT2D eigenvalue weighted by atomic mass is 79.9. The van der Waals surface area contributed by atoms with Crippen molar-refractivity contribution in [3.05, 3.63) is 16.6 Å². The monoisotopic (exact) mass is 244 g/mol. The third-order valence-corrected chi connectivity index (χ3v) is 2.44.